The first-order valence-corrected chi connectivity index (χ1v) is 12.4. The molecule has 0 amide bonds. The van der Waals surface area contributed by atoms with Crippen LogP contribution in [0.3, 0.4) is 0 Å². The summed E-state index contributed by atoms with van der Waals surface area (Å²) in [4.78, 5) is 6.51. The van der Waals surface area contributed by atoms with E-state index in [9.17, 15) is 8.42 Å². The predicted octanol–water partition coefficient (Wildman–Crippen LogP) is 4.84. The third kappa shape index (κ3) is 3.93. The largest absolute Gasteiger partial charge is 0.486 e. The molecule has 0 atom stereocenters. The lowest BCUT2D eigenvalue weighted by atomic mass is 9.99. The summed E-state index contributed by atoms with van der Waals surface area (Å²) in [5, 5.41) is 0.489. The summed E-state index contributed by atoms with van der Waals surface area (Å²) >= 11 is 6.00. The molecular weight excluding hydrogens is 452 g/mol. The zero-order valence-electron chi connectivity index (χ0n) is 17.6. The van der Waals surface area contributed by atoms with E-state index in [1.54, 1.807) is 30.3 Å². The minimum Gasteiger partial charge on any atom is -0.486 e. The van der Waals surface area contributed by atoms with E-state index in [0.29, 0.717) is 54.3 Å². The Bertz CT molecular complexity index is 1230. The Morgan fingerprint density at radius 1 is 1.00 bits per heavy atom. The number of hydrogen-bond acceptors (Lipinski definition) is 7. The van der Waals surface area contributed by atoms with Crippen LogP contribution in [0.15, 0.2) is 56.8 Å². The van der Waals surface area contributed by atoms with Crippen molar-refractivity contribution in [2.24, 2.45) is 5.92 Å². The van der Waals surface area contributed by atoms with Crippen LogP contribution < -0.4 is 14.4 Å². The van der Waals surface area contributed by atoms with E-state index in [4.69, 9.17) is 25.5 Å². The van der Waals surface area contributed by atoms with Gasteiger partial charge in [0.2, 0.25) is 26.6 Å². The second-order valence-corrected chi connectivity index (χ2v) is 10.4. The van der Waals surface area contributed by atoms with Crippen molar-refractivity contribution in [2.75, 3.05) is 31.2 Å². The Balaban J connectivity index is 1.60. The Labute approximate surface area is 191 Å². The van der Waals surface area contributed by atoms with Crippen molar-refractivity contribution in [1.82, 2.24) is 4.98 Å². The second kappa shape index (κ2) is 8.33. The Morgan fingerprint density at radius 3 is 2.41 bits per heavy atom. The molecule has 1 aromatic heterocycles. The lowest BCUT2D eigenvalue weighted by molar-refractivity contribution is 0.171. The lowest BCUT2D eigenvalue weighted by Gasteiger charge is -2.30. The topological polar surface area (TPSA) is 81.9 Å². The third-order valence-corrected chi connectivity index (χ3v) is 7.72. The Kier molecular flexibility index (Phi) is 5.51. The van der Waals surface area contributed by atoms with Crippen molar-refractivity contribution in [2.45, 2.75) is 29.7 Å². The second-order valence-electron chi connectivity index (χ2n) is 8.11. The van der Waals surface area contributed by atoms with Gasteiger partial charge < -0.3 is 18.8 Å². The standard InChI is InChI=1S/C23H23ClN2O5S/c1-15-8-10-26(11-9-15)23-22(25-21(31-23)16-2-4-17(24)5-3-16)32(27,28)18-6-7-19-20(14-18)30-13-12-29-19/h2-7,14-15H,8-13H2,1H3. The molecule has 5 rings (SSSR count). The molecule has 3 heterocycles. The number of ether oxygens (including phenoxy) is 2. The van der Waals surface area contributed by atoms with E-state index >= 15 is 0 Å². The molecular formula is C23H23ClN2O5S. The van der Waals surface area contributed by atoms with Gasteiger partial charge in [-0.05, 0) is 55.2 Å². The van der Waals surface area contributed by atoms with Crippen molar-refractivity contribution >= 4 is 27.3 Å². The van der Waals surface area contributed by atoms with Crippen molar-refractivity contribution < 1.29 is 22.3 Å². The van der Waals surface area contributed by atoms with Crippen LogP contribution in [-0.2, 0) is 9.84 Å². The van der Waals surface area contributed by atoms with Gasteiger partial charge in [0.15, 0.2) is 11.5 Å². The van der Waals surface area contributed by atoms with Gasteiger partial charge in [0.05, 0.1) is 4.90 Å². The smallest absolute Gasteiger partial charge is 0.236 e. The highest BCUT2D eigenvalue weighted by Crippen LogP contribution is 2.39. The number of hydrogen-bond donors (Lipinski definition) is 0. The molecule has 7 nitrogen and oxygen atoms in total. The summed E-state index contributed by atoms with van der Waals surface area (Å²) in [7, 11) is -3.97. The van der Waals surface area contributed by atoms with Crippen LogP contribution in [-0.4, -0.2) is 39.7 Å². The van der Waals surface area contributed by atoms with Gasteiger partial charge in [0.25, 0.3) is 0 Å². The molecule has 168 valence electrons. The highest BCUT2D eigenvalue weighted by molar-refractivity contribution is 7.91. The van der Waals surface area contributed by atoms with Gasteiger partial charge in [-0.15, -0.1) is 0 Å². The maximum absolute atomic E-state index is 13.7. The molecule has 2 aromatic carbocycles. The molecule has 0 unspecified atom stereocenters. The highest BCUT2D eigenvalue weighted by atomic mass is 35.5. The van der Waals surface area contributed by atoms with E-state index in [0.717, 1.165) is 12.8 Å². The summed E-state index contributed by atoms with van der Waals surface area (Å²) in [6.07, 6.45) is 1.92. The quantitative estimate of drug-likeness (QED) is 0.535. The van der Waals surface area contributed by atoms with Crippen molar-refractivity contribution in [3.8, 4) is 23.0 Å². The van der Waals surface area contributed by atoms with E-state index in [1.807, 2.05) is 4.90 Å². The van der Waals surface area contributed by atoms with Gasteiger partial charge in [-0.3, -0.25) is 0 Å². The molecule has 3 aromatic rings. The van der Waals surface area contributed by atoms with Gasteiger partial charge in [-0.2, -0.15) is 4.98 Å². The zero-order valence-corrected chi connectivity index (χ0v) is 19.2. The zero-order chi connectivity index (χ0) is 22.3. The molecule has 0 aliphatic carbocycles. The fourth-order valence-electron chi connectivity index (χ4n) is 3.90. The maximum Gasteiger partial charge on any atom is 0.236 e. The lowest BCUT2D eigenvalue weighted by Crippen LogP contribution is -2.33. The maximum atomic E-state index is 13.7. The van der Waals surface area contributed by atoms with Gasteiger partial charge in [-0.25, -0.2) is 8.42 Å². The molecule has 0 radical (unpaired) electrons. The minimum absolute atomic E-state index is 0.0873. The number of sulfone groups is 1. The number of fused-ring (bicyclic) bond motifs is 1. The van der Waals surface area contributed by atoms with Crippen molar-refractivity contribution in [1.29, 1.82) is 0 Å². The molecule has 1 saturated heterocycles. The third-order valence-electron chi connectivity index (χ3n) is 5.82. The van der Waals surface area contributed by atoms with E-state index in [2.05, 4.69) is 11.9 Å². The van der Waals surface area contributed by atoms with Crippen LogP contribution in [0.2, 0.25) is 5.02 Å². The first kappa shape index (κ1) is 21.2. The molecule has 2 aliphatic heterocycles. The average Bonchev–Trinajstić information content (AvgIpc) is 3.26. The summed E-state index contributed by atoms with van der Waals surface area (Å²) in [6, 6.07) is 11.6. The number of anilines is 1. The number of rotatable bonds is 4. The van der Waals surface area contributed by atoms with Crippen molar-refractivity contribution in [3.05, 3.63) is 47.5 Å². The Morgan fingerprint density at radius 2 is 1.69 bits per heavy atom. The van der Waals surface area contributed by atoms with Crippen LogP contribution in [0.4, 0.5) is 5.88 Å². The minimum atomic E-state index is -3.97. The van der Waals surface area contributed by atoms with Gasteiger partial charge >= 0.3 is 0 Å². The number of piperidine rings is 1. The molecule has 0 N–H and O–H groups in total. The van der Waals surface area contributed by atoms with E-state index in [-0.39, 0.29) is 21.7 Å². The number of aromatic nitrogens is 1. The molecule has 0 bridgehead atoms. The molecule has 0 saturated carbocycles. The van der Waals surface area contributed by atoms with Crippen molar-refractivity contribution in [3.63, 3.8) is 0 Å². The number of oxazole rings is 1. The summed E-state index contributed by atoms with van der Waals surface area (Å²) in [5.74, 6) is 2.04. The molecule has 1 fully saturated rings. The summed E-state index contributed by atoms with van der Waals surface area (Å²) in [6.45, 7) is 4.42. The van der Waals surface area contributed by atoms with Crippen LogP contribution in [0.25, 0.3) is 11.5 Å². The fraction of sp³-hybridized carbons (Fsp3) is 0.348. The van der Waals surface area contributed by atoms with E-state index < -0.39 is 9.84 Å². The summed E-state index contributed by atoms with van der Waals surface area (Å²) in [5.41, 5.74) is 0.657. The fourth-order valence-corrected chi connectivity index (χ4v) is 5.37. The average molecular weight is 475 g/mol. The number of nitrogens with zero attached hydrogens (tertiary/aromatic N) is 2. The molecule has 0 spiro atoms. The van der Waals surface area contributed by atoms with E-state index in [1.165, 1.54) is 12.1 Å². The van der Waals surface area contributed by atoms with Crippen LogP contribution >= 0.6 is 11.6 Å². The monoisotopic (exact) mass is 474 g/mol. The highest BCUT2D eigenvalue weighted by Gasteiger charge is 2.33. The van der Waals surface area contributed by atoms with Crippen LogP contribution in [0.5, 0.6) is 11.5 Å². The first-order chi connectivity index (χ1) is 15.4. The normalized spacial score (nSPS) is 16.9. The Hall–Kier alpha value is -2.71. The van der Waals surface area contributed by atoms with Crippen LogP contribution in [0.1, 0.15) is 19.8 Å². The van der Waals surface area contributed by atoms with Gasteiger partial charge in [-0.1, -0.05) is 18.5 Å². The summed E-state index contributed by atoms with van der Waals surface area (Å²) < 4.78 is 44.5. The molecule has 2 aliphatic rings. The molecule has 9 heteroatoms. The number of halogens is 1. The SMILES string of the molecule is CC1CCN(c2oc(-c3ccc(Cl)cc3)nc2S(=O)(=O)c2ccc3c(c2)OCCO3)CC1. The van der Waals surface area contributed by atoms with Gasteiger partial charge in [0.1, 0.15) is 13.2 Å². The molecule has 32 heavy (non-hydrogen) atoms. The number of benzene rings is 2. The van der Waals surface area contributed by atoms with Gasteiger partial charge in [0, 0.05) is 29.7 Å². The first-order valence-electron chi connectivity index (χ1n) is 10.6. The van der Waals surface area contributed by atoms with Crippen LogP contribution in [0, 0.1) is 5.92 Å². The predicted molar refractivity (Wildman–Crippen MR) is 120 cm³/mol.